The Morgan fingerprint density at radius 1 is 0.841 bits per heavy atom. The zero-order valence-corrected chi connectivity index (χ0v) is 40.5. The SMILES string of the molecule is Cc1sc2c(c1C)C(c1ccc(Cl)cc1)=NC(CC(=O)NCCCOCCOCCOCCCNC(=S)Nc1ccc(-c3c4ccc(=O)cc-4oc4cc(O)ccc34)c(C(=O)O)c1)c1nnc(C)n1-2. The molecule has 1 amide bonds. The normalized spacial score (nSPS) is 13.2. The highest BCUT2D eigenvalue weighted by atomic mass is 35.5. The van der Waals surface area contributed by atoms with Gasteiger partial charge in [-0.1, -0.05) is 29.8 Å². The van der Waals surface area contributed by atoms with Crippen LogP contribution in [0.5, 0.6) is 5.75 Å². The van der Waals surface area contributed by atoms with Gasteiger partial charge in [0.15, 0.2) is 16.4 Å². The average molecular weight is 993 g/mol. The molecule has 5 N–H and O–H groups in total. The largest absolute Gasteiger partial charge is 0.508 e. The standard InChI is InChI=1S/C50H50ClN7O9S2/c1-28-29(2)69-48-44(28)46(31-6-8-32(51)9-7-31)55-40(47-57-56-30(3)58(47)48)27-43(61)52-16-4-18-64-20-22-66-23-21-65-19-5-17-53-50(68)54-33-10-13-36(39(24-33)49(62)63)45-37-14-11-34(59)25-41(37)67-42-26-35(60)12-15-38(42)45/h6-15,24-26,40,59H,4-5,16-23,27H2,1-3H3,(H,52,61)(H,62,63)(H2,53,54,68). The number of carboxylic acids is 1. The lowest BCUT2D eigenvalue weighted by Crippen LogP contribution is -2.30. The van der Waals surface area contributed by atoms with Gasteiger partial charge in [-0.3, -0.25) is 19.1 Å². The Hall–Kier alpha value is -6.54. The number of phenolic OH excluding ortho intramolecular Hbond substituents is 1. The molecule has 8 rings (SSSR count). The molecule has 0 spiro atoms. The summed E-state index contributed by atoms with van der Waals surface area (Å²) in [5, 5.41) is 40.9. The molecule has 5 aromatic rings. The number of carbonyl (C=O) groups excluding carboxylic acids is 1. The number of carboxylic acid groups (broad SMARTS) is 1. The number of aromatic hydroxyl groups is 1. The lowest BCUT2D eigenvalue weighted by Gasteiger charge is -2.18. The second-order valence-electron chi connectivity index (χ2n) is 16.3. The van der Waals surface area contributed by atoms with Gasteiger partial charge in [0.1, 0.15) is 34.0 Å². The molecule has 358 valence electrons. The first kappa shape index (κ1) is 48.9. The third-order valence-electron chi connectivity index (χ3n) is 11.5. The van der Waals surface area contributed by atoms with Gasteiger partial charge in [-0.15, -0.1) is 21.5 Å². The number of aryl methyl sites for hydroxylation is 2. The van der Waals surface area contributed by atoms with Gasteiger partial charge < -0.3 is 44.8 Å². The van der Waals surface area contributed by atoms with Crippen LogP contribution in [-0.2, 0) is 19.0 Å². The molecule has 4 heterocycles. The molecule has 3 aromatic carbocycles. The monoisotopic (exact) mass is 991 g/mol. The van der Waals surface area contributed by atoms with Gasteiger partial charge in [-0.25, -0.2) is 4.79 Å². The number of benzene rings is 4. The molecule has 2 aromatic heterocycles. The Morgan fingerprint density at radius 2 is 1.54 bits per heavy atom. The van der Waals surface area contributed by atoms with Crippen molar-refractivity contribution in [3.8, 4) is 33.2 Å². The van der Waals surface area contributed by atoms with Crippen LogP contribution in [0.1, 0.15) is 68.9 Å². The van der Waals surface area contributed by atoms with E-state index in [1.807, 2.05) is 35.8 Å². The van der Waals surface area contributed by atoms with Gasteiger partial charge >= 0.3 is 5.97 Å². The summed E-state index contributed by atoms with van der Waals surface area (Å²) in [5.41, 5.74) is 5.89. The minimum atomic E-state index is -1.16. The molecule has 16 nitrogen and oxygen atoms in total. The van der Waals surface area contributed by atoms with Crippen LogP contribution in [0.15, 0.2) is 93.1 Å². The number of rotatable bonds is 20. The molecule has 19 heteroatoms. The number of phenols is 1. The molecule has 0 saturated carbocycles. The van der Waals surface area contributed by atoms with Crippen molar-refractivity contribution in [3.63, 3.8) is 0 Å². The lowest BCUT2D eigenvalue weighted by molar-refractivity contribution is -0.121. The van der Waals surface area contributed by atoms with Crippen LogP contribution in [0.2, 0.25) is 5.02 Å². The summed E-state index contributed by atoms with van der Waals surface area (Å²) in [6, 6.07) is 20.8. The fourth-order valence-electron chi connectivity index (χ4n) is 8.04. The Morgan fingerprint density at radius 3 is 2.26 bits per heavy atom. The van der Waals surface area contributed by atoms with Crippen molar-refractivity contribution >= 4 is 74.5 Å². The van der Waals surface area contributed by atoms with Crippen LogP contribution >= 0.6 is 35.2 Å². The molecule has 3 aliphatic rings. The van der Waals surface area contributed by atoms with Crippen LogP contribution in [0.3, 0.4) is 0 Å². The predicted octanol–water partition coefficient (Wildman–Crippen LogP) is 8.40. The van der Waals surface area contributed by atoms with Crippen LogP contribution in [0.25, 0.3) is 38.4 Å². The number of aromatic carboxylic acids is 1. The van der Waals surface area contributed by atoms with Crippen LogP contribution < -0.4 is 21.4 Å². The number of nitrogens with one attached hydrogen (secondary N) is 3. The van der Waals surface area contributed by atoms with Crippen molar-refractivity contribution in [2.24, 2.45) is 4.99 Å². The third-order valence-corrected chi connectivity index (χ3v) is 13.2. The first-order valence-electron chi connectivity index (χ1n) is 22.3. The Labute approximate surface area is 411 Å². The van der Waals surface area contributed by atoms with Crippen molar-refractivity contribution < 1.29 is 38.4 Å². The van der Waals surface area contributed by atoms with E-state index in [-0.39, 0.29) is 34.8 Å². The molecular weight excluding hydrogens is 942 g/mol. The van der Waals surface area contributed by atoms with E-state index >= 15 is 0 Å². The average Bonchev–Trinajstić information content (AvgIpc) is 3.80. The van der Waals surface area contributed by atoms with Gasteiger partial charge in [0.2, 0.25) is 5.91 Å². The summed E-state index contributed by atoms with van der Waals surface area (Å²) >= 11 is 13.4. The van der Waals surface area contributed by atoms with E-state index < -0.39 is 12.0 Å². The van der Waals surface area contributed by atoms with E-state index in [9.17, 15) is 24.6 Å². The predicted molar refractivity (Wildman–Crippen MR) is 270 cm³/mol. The minimum absolute atomic E-state index is 0.00726. The highest BCUT2D eigenvalue weighted by Crippen LogP contribution is 2.43. The number of halogens is 1. The second kappa shape index (κ2) is 22.3. The van der Waals surface area contributed by atoms with E-state index in [0.29, 0.717) is 115 Å². The first-order valence-corrected chi connectivity index (χ1v) is 23.9. The number of aromatic nitrogens is 3. The summed E-state index contributed by atoms with van der Waals surface area (Å²) in [7, 11) is 0. The summed E-state index contributed by atoms with van der Waals surface area (Å²) < 4.78 is 25.0. The quantitative estimate of drug-likeness (QED) is 0.0276. The van der Waals surface area contributed by atoms with E-state index in [1.54, 1.807) is 35.6 Å². The Kier molecular flexibility index (Phi) is 15.8. The summed E-state index contributed by atoms with van der Waals surface area (Å²) in [6.07, 6.45) is 1.40. The lowest BCUT2D eigenvalue weighted by atomic mass is 9.90. The van der Waals surface area contributed by atoms with Gasteiger partial charge in [0.25, 0.3) is 0 Å². The maximum atomic E-state index is 13.3. The van der Waals surface area contributed by atoms with E-state index in [1.165, 1.54) is 35.2 Å². The van der Waals surface area contributed by atoms with Crippen LogP contribution in [-0.4, -0.2) is 100 Å². The van der Waals surface area contributed by atoms with Crippen molar-refractivity contribution in [1.29, 1.82) is 0 Å². The topological polar surface area (TPSA) is 212 Å². The summed E-state index contributed by atoms with van der Waals surface area (Å²) in [5.74, 6) is 0.305. The number of thiophene rings is 1. The fraction of sp³-hybridized carbons (Fsp3) is 0.300. The molecule has 1 aliphatic carbocycles. The van der Waals surface area contributed by atoms with Crippen LogP contribution in [0, 0.1) is 20.8 Å². The number of hydrogen-bond acceptors (Lipinski definition) is 13. The van der Waals surface area contributed by atoms with E-state index in [4.69, 9.17) is 47.4 Å². The summed E-state index contributed by atoms with van der Waals surface area (Å²) in [6.45, 7) is 9.63. The number of nitrogens with zero attached hydrogens (tertiary/aromatic N) is 4. The van der Waals surface area contributed by atoms with Gasteiger partial charge in [-0.05, 0) is 105 Å². The van der Waals surface area contributed by atoms with E-state index in [2.05, 4.69) is 40.0 Å². The molecule has 1 unspecified atom stereocenters. The molecule has 1 atom stereocenters. The number of ether oxygens (including phenoxy) is 3. The maximum Gasteiger partial charge on any atom is 0.336 e. The Bertz CT molecular complexity index is 3080. The number of fused-ring (bicyclic) bond motifs is 5. The molecule has 69 heavy (non-hydrogen) atoms. The molecule has 0 bridgehead atoms. The zero-order valence-electron chi connectivity index (χ0n) is 38.1. The number of thiocarbonyl (C=S) groups is 1. The van der Waals surface area contributed by atoms with Crippen molar-refractivity contribution in [2.45, 2.75) is 46.1 Å². The Balaban J connectivity index is 0.705. The minimum Gasteiger partial charge on any atom is -0.508 e. The molecular formula is C50H50ClN7O9S2. The molecule has 2 aliphatic heterocycles. The third kappa shape index (κ3) is 11.5. The zero-order chi connectivity index (χ0) is 48.6. The van der Waals surface area contributed by atoms with Gasteiger partial charge in [0, 0.05) is 81.7 Å². The highest BCUT2D eigenvalue weighted by Gasteiger charge is 2.32. The number of amides is 1. The number of carbonyl (C=O) groups is 2. The van der Waals surface area contributed by atoms with Crippen molar-refractivity contribution in [3.05, 3.63) is 133 Å². The number of aliphatic imine (C=N–C) groups is 1. The van der Waals surface area contributed by atoms with E-state index in [0.717, 1.165) is 33.2 Å². The molecule has 0 saturated heterocycles. The maximum absolute atomic E-state index is 13.3. The first-order chi connectivity index (χ1) is 33.4. The smallest absolute Gasteiger partial charge is 0.336 e. The van der Waals surface area contributed by atoms with Gasteiger partial charge in [0.05, 0.1) is 44.1 Å². The summed E-state index contributed by atoms with van der Waals surface area (Å²) in [4.78, 5) is 44.3. The number of hydrogen-bond donors (Lipinski definition) is 5. The van der Waals surface area contributed by atoms with Gasteiger partial charge in [-0.2, -0.15) is 0 Å². The van der Waals surface area contributed by atoms with Crippen molar-refractivity contribution in [1.82, 2.24) is 25.4 Å². The highest BCUT2D eigenvalue weighted by molar-refractivity contribution is 7.80. The molecule has 0 radical (unpaired) electrons. The molecule has 0 fully saturated rings. The van der Waals surface area contributed by atoms with Crippen molar-refractivity contribution in [2.75, 3.05) is 58.0 Å². The second-order valence-corrected chi connectivity index (χ2v) is 18.3. The van der Waals surface area contributed by atoms with Crippen LogP contribution in [0.4, 0.5) is 5.69 Å². The fourth-order valence-corrected chi connectivity index (χ4v) is 9.60. The number of anilines is 1.